The van der Waals surface area contributed by atoms with Crippen LogP contribution >= 0.6 is 15.9 Å². The third-order valence-corrected chi connectivity index (χ3v) is 8.17. The molecule has 0 saturated carbocycles. The van der Waals surface area contributed by atoms with E-state index in [-0.39, 0.29) is 17.3 Å². The number of rotatable bonds is 10. The minimum absolute atomic E-state index is 0.0848. The number of anilines is 1. The summed E-state index contributed by atoms with van der Waals surface area (Å²) >= 11 is 3.44. The van der Waals surface area contributed by atoms with Crippen molar-refractivity contribution < 1.29 is 18.0 Å². The van der Waals surface area contributed by atoms with Gasteiger partial charge in [-0.15, -0.1) is 0 Å². The van der Waals surface area contributed by atoms with Crippen LogP contribution in [0.25, 0.3) is 0 Å². The van der Waals surface area contributed by atoms with Gasteiger partial charge in [-0.05, 0) is 54.8 Å². The average molecular weight is 573 g/mol. The molecule has 3 aromatic carbocycles. The number of sulfonamides is 1. The lowest BCUT2D eigenvalue weighted by Gasteiger charge is -2.32. The van der Waals surface area contributed by atoms with E-state index in [9.17, 15) is 18.0 Å². The lowest BCUT2D eigenvalue weighted by atomic mass is 10.1. The van der Waals surface area contributed by atoms with Crippen molar-refractivity contribution in [3.05, 3.63) is 94.5 Å². The van der Waals surface area contributed by atoms with Crippen molar-refractivity contribution in [3.63, 3.8) is 0 Å². The fourth-order valence-electron chi connectivity index (χ4n) is 3.91. The van der Waals surface area contributed by atoms with Crippen molar-refractivity contribution in [3.8, 4) is 0 Å². The van der Waals surface area contributed by atoms with Gasteiger partial charge in [-0.1, -0.05) is 71.4 Å². The Labute approximate surface area is 221 Å². The molecule has 0 aliphatic rings. The number of nitrogens with one attached hydrogen (secondary N) is 1. The molecule has 0 saturated heterocycles. The van der Waals surface area contributed by atoms with Gasteiger partial charge in [0.1, 0.15) is 12.6 Å². The van der Waals surface area contributed by atoms with Gasteiger partial charge in [0.15, 0.2) is 0 Å². The Morgan fingerprint density at radius 2 is 1.64 bits per heavy atom. The van der Waals surface area contributed by atoms with Gasteiger partial charge >= 0.3 is 0 Å². The van der Waals surface area contributed by atoms with Crippen molar-refractivity contribution in [2.45, 2.75) is 37.8 Å². The molecule has 3 rings (SSSR count). The van der Waals surface area contributed by atoms with E-state index in [1.165, 1.54) is 24.1 Å². The SMILES string of the molecule is CCc1ccccc1N(CC(=O)N(Cc1cccc(Br)c1)[C@H](C)C(=O)NC)S(=O)(=O)c1ccccc1. The van der Waals surface area contributed by atoms with Crippen LogP contribution in [0.3, 0.4) is 0 Å². The molecule has 0 fully saturated rings. The van der Waals surface area contributed by atoms with E-state index < -0.39 is 28.5 Å². The monoisotopic (exact) mass is 571 g/mol. The topological polar surface area (TPSA) is 86.8 Å². The van der Waals surface area contributed by atoms with Crippen molar-refractivity contribution >= 4 is 43.5 Å². The highest BCUT2D eigenvalue weighted by atomic mass is 79.9. The standard InChI is InChI=1S/C27H30BrN3O4S/c1-4-22-12-8-9-16-25(22)31(36(34,35)24-14-6-5-7-15-24)19-26(32)30(20(2)27(33)29-3)18-21-11-10-13-23(28)17-21/h5-17,20H,4,18-19H2,1-3H3,(H,29,33)/t20-/m1/s1. The molecule has 0 spiro atoms. The molecule has 0 unspecified atom stereocenters. The molecular weight excluding hydrogens is 542 g/mol. The Balaban J connectivity index is 2.06. The second-order valence-electron chi connectivity index (χ2n) is 8.25. The predicted molar refractivity (Wildman–Crippen MR) is 145 cm³/mol. The number of hydrogen-bond donors (Lipinski definition) is 1. The molecule has 9 heteroatoms. The van der Waals surface area contributed by atoms with Gasteiger partial charge in [0.2, 0.25) is 11.8 Å². The Morgan fingerprint density at radius 3 is 2.28 bits per heavy atom. The van der Waals surface area contributed by atoms with Crippen LogP contribution in [0.15, 0.2) is 88.2 Å². The van der Waals surface area contributed by atoms with E-state index in [2.05, 4.69) is 21.2 Å². The number of halogens is 1. The van der Waals surface area contributed by atoms with Crippen LogP contribution in [0.5, 0.6) is 0 Å². The highest BCUT2D eigenvalue weighted by molar-refractivity contribution is 9.10. The zero-order valence-corrected chi connectivity index (χ0v) is 22.9. The van der Waals surface area contributed by atoms with Gasteiger partial charge in [0.25, 0.3) is 10.0 Å². The Morgan fingerprint density at radius 1 is 0.972 bits per heavy atom. The first-order valence-corrected chi connectivity index (χ1v) is 13.8. The summed E-state index contributed by atoms with van der Waals surface area (Å²) in [5, 5.41) is 2.58. The highest BCUT2D eigenvalue weighted by Crippen LogP contribution is 2.28. The zero-order chi connectivity index (χ0) is 26.3. The summed E-state index contributed by atoms with van der Waals surface area (Å²) < 4.78 is 29.6. The van der Waals surface area contributed by atoms with Crippen molar-refractivity contribution in [1.82, 2.24) is 10.2 Å². The van der Waals surface area contributed by atoms with E-state index in [1.807, 2.05) is 43.3 Å². The van der Waals surface area contributed by atoms with Crippen molar-refractivity contribution in [1.29, 1.82) is 0 Å². The highest BCUT2D eigenvalue weighted by Gasteiger charge is 2.33. The molecule has 2 amide bonds. The van der Waals surface area contributed by atoms with Gasteiger partial charge in [-0.2, -0.15) is 0 Å². The Kier molecular flexibility index (Phi) is 9.28. The zero-order valence-electron chi connectivity index (χ0n) is 20.5. The van der Waals surface area contributed by atoms with Crippen molar-refractivity contribution in [2.24, 2.45) is 0 Å². The third kappa shape index (κ3) is 6.33. The van der Waals surface area contributed by atoms with Crippen LogP contribution in [-0.2, 0) is 32.6 Å². The summed E-state index contributed by atoms with van der Waals surface area (Å²) in [7, 11) is -2.56. The van der Waals surface area contributed by atoms with Crippen LogP contribution < -0.4 is 9.62 Å². The molecule has 190 valence electrons. The summed E-state index contributed by atoms with van der Waals surface area (Å²) in [6, 6.07) is 21.8. The van der Waals surface area contributed by atoms with E-state index in [0.29, 0.717) is 12.1 Å². The molecule has 0 aromatic heterocycles. The van der Waals surface area contributed by atoms with E-state index in [0.717, 1.165) is 19.9 Å². The number of para-hydroxylation sites is 1. The first-order chi connectivity index (χ1) is 17.2. The number of benzene rings is 3. The van der Waals surface area contributed by atoms with Crippen LogP contribution in [0.1, 0.15) is 25.0 Å². The first kappa shape index (κ1) is 27.4. The molecule has 0 aliphatic carbocycles. The Hall–Kier alpha value is -3.17. The summed E-state index contributed by atoms with van der Waals surface area (Å²) in [6.45, 7) is 3.25. The fourth-order valence-corrected chi connectivity index (χ4v) is 5.83. The van der Waals surface area contributed by atoms with E-state index in [1.54, 1.807) is 37.3 Å². The first-order valence-electron chi connectivity index (χ1n) is 11.6. The summed E-state index contributed by atoms with van der Waals surface area (Å²) in [5.41, 5.74) is 2.04. The maximum absolute atomic E-state index is 13.8. The summed E-state index contributed by atoms with van der Waals surface area (Å²) in [4.78, 5) is 27.8. The number of amides is 2. The molecule has 36 heavy (non-hydrogen) atoms. The van der Waals surface area contributed by atoms with Gasteiger partial charge in [0, 0.05) is 18.1 Å². The number of carbonyl (C=O) groups is 2. The quantitative estimate of drug-likeness (QED) is 0.391. The lowest BCUT2D eigenvalue weighted by molar-refractivity contribution is -0.139. The van der Waals surface area contributed by atoms with Crippen LogP contribution in [0, 0.1) is 0 Å². The number of nitrogens with zero attached hydrogens (tertiary/aromatic N) is 2. The van der Waals surface area contributed by atoms with E-state index in [4.69, 9.17) is 0 Å². The maximum atomic E-state index is 13.8. The smallest absolute Gasteiger partial charge is 0.264 e. The second-order valence-corrected chi connectivity index (χ2v) is 11.0. The lowest BCUT2D eigenvalue weighted by Crippen LogP contribution is -2.50. The molecule has 0 aliphatic heterocycles. The molecular formula is C27H30BrN3O4S. The maximum Gasteiger partial charge on any atom is 0.264 e. The van der Waals surface area contributed by atoms with Gasteiger partial charge in [-0.25, -0.2) is 8.42 Å². The molecule has 1 N–H and O–H groups in total. The number of hydrogen-bond acceptors (Lipinski definition) is 4. The van der Waals surface area contributed by atoms with E-state index >= 15 is 0 Å². The summed E-state index contributed by atoms with van der Waals surface area (Å²) in [6.07, 6.45) is 0.585. The van der Waals surface area contributed by atoms with Crippen molar-refractivity contribution in [2.75, 3.05) is 17.9 Å². The Bertz CT molecular complexity index is 1320. The molecule has 3 aromatic rings. The molecule has 0 bridgehead atoms. The minimum Gasteiger partial charge on any atom is -0.357 e. The molecule has 7 nitrogen and oxygen atoms in total. The molecule has 0 heterocycles. The van der Waals surface area contributed by atoms with Gasteiger partial charge in [-0.3, -0.25) is 13.9 Å². The largest absolute Gasteiger partial charge is 0.357 e. The number of likely N-dealkylation sites (N-methyl/N-ethyl adjacent to an activating group) is 1. The van der Waals surface area contributed by atoms with Crippen LogP contribution in [-0.4, -0.2) is 44.8 Å². The van der Waals surface area contributed by atoms with Gasteiger partial charge in [0.05, 0.1) is 10.6 Å². The van der Waals surface area contributed by atoms with Crippen LogP contribution in [0.4, 0.5) is 5.69 Å². The van der Waals surface area contributed by atoms with Crippen LogP contribution in [0.2, 0.25) is 0 Å². The minimum atomic E-state index is -4.07. The van der Waals surface area contributed by atoms with Gasteiger partial charge < -0.3 is 10.2 Å². The number of aryl methyl sites for hydroxylation is 1. The summed E-state index contributed by atoms with van der Waals surface area (Å²) in [5.74, 6) is -0.832. The number of carbonyl (C=O) groups excluding carboxylic acids is 2. The molecule has 0 radical (unpaired) electrons. The third-order valence-electron chi connectivity index (χ3n) is 5.91. The predicted octanol–water partition coefficient (Wildman–Crippen LogP) is 4.37. The average Bonchev–Trinajstić information content (AvgIpc) is 2.89. The second kappa shape index (κ2) is 12.2. The molecule has 1 atom stereocenters. The normalized spacial score (nSPS) is 12.0. The fraction of sp³-hybridized carbons (Fsp3) is 0.259.